The average molecular weight is 497 g/mol. The Labute approximate surface area is 203 Å². The van der Waals surface area contributed by atoms with Crippen LogP contribution in [-0.4, -0.2) is 44.9 Å². The molecule has 3 aromatic rings. The summed E-state index contributed by atoms with van der Waals surface area (Å²) < 4.78 is 41.9. The lowest BCUT2D eigenvalue weighted by Gasteiger charge is -2.13. The molecule has 0 atom stereocenters. The second-order valence-electron chi connectivity index (χ2n) is 7.88. The first-order valence-electron chi connectivity index (χ1n) is 10.8. The molecule has 0 bridgehead atoms. The molecule has 35 heavy (non-hydrogen) atoms. The summed E-state index contributed by atoms with van der Waals surface area (Å²) in [6, 6.07) is 15.8. The maximum atomic E-state index is 13.1. The van der Waals surface area contributed by atoms with E-state index in [1.807, 2.05) is 30.3 Å². The molecule has 0 radical (unpaired) electrons. The summed E-state index contributed by atoms with van der Waals surface area (Å²) in [6.45, 7) is 0.766. The van der Waals surface area contributed by atoms with Gasteiger partial charge in [0.05, 0.1) is 43.1 Å². The molecule has 182 valence electrons. The highest BCUT2D eigenvalue weighted by Gasteiger charge is 2.29. The number of anilines is 2. The van der Waals surface area contributed by atoms with Crippen molar-refractivity contribution in [2.75, 3.05) is 24.3 Å². The second-order valence-corrected chi connectivity index (χ2v) is 9.78. The largest absolute Gasteiger partial charge is 0.491 e. The summed E-state index contributed by atoms with van der Waals surface area (Å²) in [5.74, 6) is -0.402. The Morgan fingerprint density at radius 1 is 1.14 bits per heavy atom. The van der Waals surface area contributed by atoms with Crippen LogP contribution in [-0.2, 0) is 42.9 Å². The van der Waals surface area contributed by atoms with E-state index in [9.17, 15) is 18.2 Å². The Kier molecular flexibility index (Phi) is 7.66. The van der Waals surface area contributed by atoms with Crippen molar-refractivity contribution in [1.29, 1.82) is 0 Å². The van der Waals surface area contributed by atoms with Crippen LogP contribution in [0.3, 0.4) is 0 Å². The first-order valence-corrected chi connectivity index (χ1v) is 12.4. The lowest BCUT2D eigenvalue weighted by atomic mass is 9.79. The maximum Gasteiger partial charge on any atom is 0.491 e. The summed E-state index contributed by atoms with van der Waals surface area (Å²) >= 11 is 0. The number of amides is 1. The highest BCUT2D eigenvalue weighted by atomic mass is 32.2. The second kappa shape index (κ2) is 10.9. The van der Waals surface area contributed by atoms with Crippen LogP contribution in [0.5, 0.6) is 0 Å². The normalized spacial score (nSPS) is 12.9. The number of fused-ring (bicyclic) bond motifs is 1. The Morgan fingerprint density at radius 2 is 1.94 bits per heavy atom. The monoisotopic (exact) mass is 497 g/mol. The number of nitrogens with zero attached hydrogens (tertiary/aromatic N) is 1. The van der Waals surface area contributed by atoms with E-state index in [0.29, 0.717) is 17.6 Å². The van der Waals surface area contributed by atoms with Crippen molar-refractivity contribution in [1.82, 2.24) is 4.98 Å². The van der Waals surface area contributed by atoms with Gasteiger partial charge in [0.2, 0.25) is 9.84 Å². The zero-order valence-corrected chi connectivity index (χ0v) is 19.5. The molecule has 0 saturated heterocycles. The predicted molar refractivity (Wildman–Crippen MR) is 129 cm³/mol. The van der Waals surface area contributed by atoms with E-state index >= 15 is 0 Å². The van der Waals surface area contributed by atoms with Crippen molar-refractivity contribution in [2.24, 2.45) is 0 Å². The van der Waals surface area contributed by atoms with Gasteiger partial charge in [-0.15, -0.1) is 0 Å². The van der Waals surface area contributed by atoms with Gasteiger partial charge in [-0.2, -0.15) is 0 Å². The molecule has 12 heteroatoms. The molecular formula is C23H24BN3O7S. The van der Waals surface area contributed by atoms with Gasteiger partial charge in [0.1, 0.15) is 6.61 Å². The van der Waals surface area contributed by atoms with Crippen molar-refractivity contribution in [3.05, 3.63) is 77.5 Å². The fourth-order valence-corrected chi connectivity index (χ4v) is 4.96. The molecule has 1 aliphatic rings. The van der Waals surface area contributed by atoms with E-state index in [0.717, 1.165) is 11.1 Å². The number of nitrogen functional groups attached to an aromatic ring is 1. The number of aromatic nitrogens is 1. The molecule has 4 rings (SSSR count). The molecule has 0 fully saturated rings. The van der Waals surface area contributed by atoms with Crippen LogP contribution < -0.4 is 16.5 Å². The molecule has 0 spiro atoms. The van der Waals surface area contributed by atoms with Crippen LogP contribution in [0, 0.1) is 0 Å². The number of carbonyl (C=O) groups excluding carboxylic acids is 1. The number of hydrogen-bond donors (Lipinski definition) is 3. The van der Waals surface area contributed by atoms with Gasteiger partial charge in [-0.05, 0) is 28.2 Å². The van der Waals surface area contributed by atoms with E-state index in [-0.39, 0.29) is 36.2 Å². The van der Waals surface area contributed by atoms with E-state index in [1.54, 1.807) is 18.2 Å². The van der Waals surface area contributed by atoms with Crippen molar-refractivity contribution in [3.8, 4) is 0 Å². The number of nitrogens with one attached hydrogen (secondary N) is 1. The van der Waals surface area contributed by atoms with E-state index in [1.165, 1.54) is 12.3 Å². The van der Waals surface area contributed by atoms with Crippen molar-refractivity contribution >= 4 is 39.9 Å². The fraction of sp³-hybridized carbons (Fsp3) is 0.217. The van der Waals surface area contributed by atoms with Crippen LogP contribution >= 0.6 is 0 Å². The van der Waals surface area contributed by atoms with E-state index in [4.69, 9.17) is 19.9 Å². The zero-order chi connectivity index (χ0) is 24.8. The molecule has 1 amide bonds. The quantitative estimate of drug-likeness (QED) is 0.296. The molecule has 10 nitrogen and oxygen atoms in total. The number of ether oxygens (including phenoxy) is 2. The predicted octanol–water partition coefficient (Wildman–Crippen LogP) is 1.62. The van der Waals surface area contributed by atoms with Gasteiger partial charge in [0.15, 0.2) is 5.03 Å². The summed E-state index contributed by atoms with van der Waals surface area (Å²) in [4.78, 5) is 16.2. The molecule has 1 aliphatic heterocycles. The average Bonchev–Trinajstić information content (AvgIpc) is 3.19. The first-order chi connectivity index (χ1) is 16.8. The molecule has 0 unspecified atom stereocenters. The highest BCUT2D eigenvalue weighted by molar-refractivity contribution is 7.90. The van der Waals surface area contributed by atoms with Gasteiger partial charge in [0.25, 0.3) is 0 Å². The zero-order valence-electron chi connectivity index (χ0n) is 18.7. The summed E-state index contributed by atoms with van der Waals surface area (Å²) in [5.41, 5.74) is 8.59. The molecular weight excluding hydrogens is 473 g/mol. The lowest BCUT2D eigenvalue weighted by molar-refractivity contribution is 0.0696. The van der Waals surface area contributed by atoms with Gasteiger partial charge in [-0.25, -0.2) is 18.2 Å². The Morgan fingerprint density at radius 3 is 2.74 bits per heavy atom. The molecule has 2 aromatic carbocycles. The minimum atomic E-state index is -3.99. The Hall–Kier alpha value is -3.45. The van der Waals surface area contributed by atoms with Crippen LogP contribution in [0.15, 0.2) is 65.8 Å². The smallest absolute Gasteiger partial charge is 0.447 e. The SMILES string of the molecule is Nc1cnc(S(=O)(=O)Cc2ccc3c(c2)B(O)OC3)c(NC(=O)OCCOCc2ccccc2)c1. The van der Waals surface area contributed by atoms with Gasteiger partial charge in [-0.1, -0.05) is 48.5 Å². The summed E-state index contributed by atoms with van der Waals surface area (Å²) in [6.07, 6.45) is 0.330. The van der Waals surface area contributed by atoms with Crippen molar-refractivity contribution in [2.45, 2.75) is 24.0 Å². The Balaban J connectivity index is 1.38. The number of benzene rings is 2. The Bertz CT molecular complexity index is 1310. The minimum absolute atomic E-state index is 0.0317. The van der Waals surface area contributed by atoms with Crippen molar-refractivity contribution < 1.29 is 32.4 Å². The van der Waals surface area contributed by atoms with Gasteiger partial charge < -0.3 is 24.9 Å². The number of carbonyl (C=O) groups is 1. The van der Waals surface area contributed by atoms with Gasteiger partial charge in [-0.3, -0.25) is 5.32 Å². The van der Waals surface area contributed by atoms with Gasteiger partial charge in [0, 0.05) is 0 Å². The number of nitrogens with two attached hydrogens (primary N) is 1. The highest BCUT2D eigenvalue weighted by Crippen LogP contribution is 2.25. The van der Waals surface area contributed by atoms with E-state index in [2.05, 4.69) is 10.3 Å². The standard InChI is InChI=1S/C23H24BN3O7S/c25-19-11-21(27-23(28)33-9-8-32-13-16-4-2-1-3-5-16)22(26-12-19)35(30,31)15-17-6-7-18-14-34-24(29)20(18)10-17/h1-7,10-12,29H,8-9,13-15,25H2,(H,27,28). The minimum Gasteiger partial charge on any atom is -0.447 e. The molecule has 2 heterocycles. The third kappa shape index (κ3) is 6.37. The summed E-state index contributed by atoms with van der Waals surface area (Å²) in [5, 5.41) is 11.9. The fourth-order valence-electron chi connectivity index (χ4n) is 3.55. The summed E-state index contributed by atoms with van der Waals surface area (Å²) in [7, 11) is -5.08. The van der Waals surface area contributed by atoms with Gasteiger partial charge >= 0.3 is 13.2 Å². The molecule has 0 saturated carbocycles. The van der Waals surface area contributed by atoms with Crippen LogP contribution in [0.1, 0.15) is 16.7 Å². The first kappa shape index (κ1) is 24.7. The number of sulfone groups is 1. The number of rotatable bonds is 9. The number of hydrogen-bond acceptors (Lipinski definition) is 9. The number of pyridine rings is 1. The van der Waals surface area contributed by atoms with Crippen LogP contribution in [0.2, 0.25) is 0 Å². The molecule has 4 N–H and O–H groups in total. The molecule has 1 aromatic heterocycles. The van der Waals surface area contributed by atoms with Crippen LogP contribution in [0.4, 0.5) is 16.2 Å². The lowest BCUT2D eigenvalue weighted by Crippen LogP contribution is -2.28. The van der Waals surface area contributed by atoms with Crippen molar-refractivity contribution in [3.63, 3.8) is 0 Å². The van der Waals surface area contributed by atoms with E-state index < -0.39 is 28.8 Å². The third-order valence-corrected chi connectivity index (χ3v) is 6.83. The topological polar surface area (TPSA) is 150 Å². The molecule has 0 aliphatic carbocycles. The maximum absolute atomic E-state index is 13.1. The van der Waals surface area contributed by atoms with Crippen LogP contribution in [0.25, 0.3) is 0 Å². The third-order valence-electron chi connectivity index (χ3n) is 5.21.